The highest BCUT2D eigenvalue weighted by Crippen LogP contribution is 2.42. The number of hydrogen-bond acceptors (Lipinski definition) is 4. The van der Waals surface area contributed by atoms with E-state index in [2.05, 4.69) is 4.72 Å². The molecule has 2 aromatic carbocycles. The number of hydrogen-bond donors (Lipinski definition) is 2. The number of halogens is 1. The Morgan fingerprint density at radius 3 is 2.58 bits per heavy atom. The van der Waals surface area contributed by atoms with Gasteiger partial charge in [-0.15, -0.1) is 11.3 Å². The smallest absolute Gasteiger partial charge is 0.250 e. The van der Waals surface area contributed by atoms with E-state index in [-0.39, 0.29) is 12.0 Å². The summed E-state index contributed by atoms with van der Waals surface area (Å²) in [6.45, 7) is 0. The second-order valence-electron chi connectivity index (χ2n) is 6.37. The first-order valence-electron chi connectivity index (χ1n) is 8.16. The van der Waals surface area contributed by atoms with Crippen molar-refractivity contribution in [2.24, 2.45) is 0 Å². The molecule has 0 unspecified atom stereocenters. The maximum Gasteiger partial charge on any atom is 0.250 e. The molecule has 3 aromatic rings. The summed E-state index contributed by atoms with van der Waals surface area (Å²) in [5, 5.41) is 0.654. The summed E-state index contributed by atoms with van der Waals surface area (Å²) in [4.78, 5) is 0.894. The molecule has 0 spiro atoms. The number of nitrogens with one attached hydrogen (secondary N) is 1. The zero-order valence-corrected chi connectivity index (χ0v) is 16.1. The molecule has 0 bridgehead atoms. The Morgan fingerprint density at radius 2 is 1.85 bits per heavy atom. The van der Waals surface area contributed by atoms with Crippen molar-refractivity contribution in [2.75, 3.05) is 5.73 Å². The summed E-state index contributed by atoms with van der Waals surface area (Å²) in [5.41, 5.74) is 8.53. The van der Waals surface area contributed by atoms with E-state index in [1.54, 1.807) is 18.2 Å². The number of nitrogens with two attached hydrogens (primary N) is 1. The van der Waals surface area contributed by atoms with Crippen LogP contribution in [0.2, 0.25) is 5.02 Å². The van der Waals surface area contributed by atoms with Crippen molar-refractivity contribution in [3.8, 4) is 10.4 Å². The first-order chi connectivity index (χ1) is 12.4. The molecule has 1 fully saturated rings. The van der Waals surface area contributed by atoms with E-state index >= 15 is 0 Å². The zero-order chi connectivity index (χ0) is 18.3. The lowest BCUT2D eigenvalue weighted by atomic mass is 10.1. The number of anilines is 1. The first-order valence-corrected chi connectivity index (χ1v) is 10.8. The molecule has 1 heterocycles. The maximum atomic E-state index is 12.7. The van der Waals surface area contributed by atoms with E-state index in [1.807, 2.05) is 42.5 Å². The minimum Gasteiger partial charge on any atom is -0.399 e. The van der Waals surface area contributed by atoms with Gasteiger partial charge < -0.3 is 5.73 Å². The van der Waals surface area contributed by atoms with Crippen molar-refractivity contribution >= 4 is 38.6 Å². The van der Waals surface area contributed by atoms with Gasteiger partial charge in [0.15, 0.2) is 0 Å². The third kappa shape index (κ3) is 3.64. The minimum absolute atomic E-state index is 0.0807. The van der Waals surface area contributed by atoms with Gasteiger partial charge in [-0.3, -0.25) is 0 Å². The third-order valence-corrected chi connectivity index (χ3v) is 7.78. The summed E-state index contributed by atoms with van der Waals surface area (Å²) < 4.78 is 28.5. The quantitative estimate of drug-likeness (QED) is 0.615. The van der Waals surface area contributed by atoms with Gasteiger partial charge in [0.2, 0.25) is 10.0 Å². The Labute approximate surface area is 161 Å². The minimum atomic E-state index is -3.53. The van der Waals surface area contributed by atoms with Crippen LogP contribution in [0.5, 0.6) is 0 Å². The van der Waals surface area contributed by atoms with Crippen LogP contribution in [0.4, 0.5) is 5.69 Å². The molecule has 2 atom stereocenters. The van der Waals surface area contributed by atoms with Crippen LogP contribution in [0.15, 0.2) is 64.9 Å². The van der Waals surface area contributed by atoms with Gasteiger partial charge >= 0.3 is 0 Å². The predicted molar refractivity (Wildman–Crippen MR) is 107 cm³/mol. The number of sulfonamides is 1. The topological polar surface area (TPSA) is 72.2 Å². The summed E-state index contributed by atoms with van der Waals surface area (Å²) in [5.74, 6) is 0.184. The fourth-order valence-electron chi connectivity index (χ4n) is 2.97. The Morgan fingerprint density at radius 1 is 1.08 bits per heavy atom. The van der Waals surface area contributed by atoms with Gasteiger partial charge in [-0.2, -0.15) is 0 Å². The van der Waals surface area contributed by atoms with Crippen molar-refractivity contribution in [2.45, 2.75) is 22.6 Å². The van der Waals surface area contributed by atoms with Gasteiger partial charge in [0.1, 0.15) is 4.21 Å². The number of thiophene rings is 1. The Bertz CT molecular complexity index is 1050. The van der Waals surface area contributed by atoms with Crippen LogP contribution >= 0.6 is 22.9 Å². The molecule has 134 valence electrons. The Hall–Kier alpha value is -1.86. The monoisotopic (exact) mass is 404 g/mol. The molecule has 0 radical (unpaired) electrons. The fraction of sp³-hybridized carbons (Fsp3) is 0.158. The van der Waals surface area contributed by atoms with E-state index in [0.29, 0.717) is 14.9 Å². The maximum absolute atomic E-state index is 12.7. The van der Waals surface area contributed by atoms with Crippen LogP contribution in [-0.2, 0) is 10.0 Å². The van der Waals surface area contributed by atoms with Gasteiger partial charge in [0.25, 0.3) is 0 Å². The van der Waals surface area contributed by atoms with E-state index in [1.165, 1.54) is 11.3 Å². The molecule has 0 saturated heterocycles. The number of nitrogen functional groups attached to an aromatic ring is 1. The van der Waals surface area contributed by atoms with Crippen molar-refractivity contribution in [1.82, 2.24) is 4.72 Å². The number of benzene rings is 2. The lowest BCUT2D eigenvalue weighted by Crippen LogP contribution is -2.26. The van der Waals surface area contributed by atoms with Gasteiger partial charge in [-0.25, -0.2) is 13.1 Å². The molecule has 0 amide bonds. The molecule has 1 aliphatic rings. The lowest BCUT2D eigenvalue weighted by Gasteiger charge is -2.05. The zero-order valence-electron chi connectivity index (χ0n) is 13.7. The molecule has 0 aliphatic heterocycles. The first kappa shape index (κ1) is 17.5. The molecule has 26 heavy (non-hydrogen) atoms. The van der Waals surface area contributed by atoms with Crippen LogP contribution < -0.4 is 10.5 Å². The third-order valence-electron chi connectivity index (χ3n) is 4.41. The fourth-order valence-corrected chi connectivity index (χ4v) is 5.72. The molecule has 1 saturated carbocycles. The van der Waals surface area contributed by atoms with Gasteiger partial charge in [-0.1, -0.05) is 35.9 Å². The average molecular weight is 405 g/mol. The number of rotatable bonds is 5. The van der Waals surface area contributed by atoms with Crippen LogP contribution in [0, 0.1) is 0 Å². The molecular formula is C19H17ClN2O2S2. The standard InChI is InChI=1S/C19H17ClN2O2S2/c20-14-6-4-12(5-7-14)18-8-9-19(25-18)26(23,24)22-17-11-16(17)13-2-1-3-15(21)10-13/h1-10,16-17,22H,11,21H2/t16-,17+/m1/s1. The van der Waals surface area contributed by atoms with E-state index in [0.717, 1.165) is 22.4 Å². The largest absolute Gasteiger partial charge is 0.399 e. The van der Waals surface area contributed by atoms with Crippen molar-refractivity contribution < 1.29 is 8.42 Å². The van der Waals surface area contributed by atoms with Crippen LogP contribution in [0.25, 0.3) is 10.4 Å². The van der Waals surface area contributed by atoms with Crippen LogP contribution in [0.3, 0.4) is 0 Å². The molecule has 1 aromatic heterocycles. The Kier molecular flexibility index (Phi) is 4.52. The van der Waals surface area contributed by atoms with Gasteiger partial charge in [0.05, 0.1) is 0 Å². The summed E-state index contributed by atoms with van der Waals surface area (Å²) in [6.07, 6.45) is 0.790. The Balaban J connectivity index is 1.49. The molecule has 3 N–H and O–H groups in total. The molecular weight excluding hydrogens is 388 g/mol. The summed E-state index contributed by atoms with van der Waals surface area (Å²) >= 11 is 7.16. The van der Waals surface area contributed by atoms with Crippen molar-refractivity contribution in [3.63, 3.8) is 0 Å². The molecule has 4 nitrogen and oxygen atoms in total. The van der Waals surface area contributed by atoms with Gasteiger partial charge in [0, 0.05) is 27.5 Å². The summed E-state index contributed by atoms with van der Waals surface area (Å²) in [6, 6.07) is 18.4. The highest BCUT2D eigenvalue weighted by molar-refractivity contribution is 7.91. The SMILES string of the molecule is Nc1cccc([C@H]2C[C@@H]2NS(=O)(=O)c2ccc(-c3ccc(Cl)cc3)s2)c1. The second-order valence-corrected chi connectivity index (χ2v) is 9.83. The molecule has 4 rings (SSSR count). The second kappa shape index (κ2) is 6.70. The normalized spacial score (nSPS) is 19.4. The van der Waals surface area contributed by atoms with Crippen LogP contribution in [-0.4, -0.2) is 14.5 Å². The van der Waals surface area contributed by atoms with Crippen molar-refractivity contribution in [1.29, 1.82) is 0 Å². The van der Waals surface area contributed by atoms with Gasteiger partial charge in [-0.05, 0) is 53.9 Å². The summed E-state index contributed by atoms with van der Waals surface area (Å²) in [7, 11) is -3.53. The van der Waals surface area contributed by atoms with E-state index < -0.39 is 10.0 Å². The van der Waals surface area contributed by atoms with Crippen LogP contribution in [0.1, 0.15) is 17.9 Å². The van der Waals surface area contributed by atoms with E-state index in [9.17, 15) is 8.42 Å². The highest BCUT2D eigenvalue weighted by Gasteiger charge is 2.41. The van der Waals surface area contributed by atoms with Crippen molar-refractivity contribution in [3.05, 3.63) is 71.2 Å². The molecule has 7 heteroatoms. The highest BCUT2D eigenvalue weighted by atomic mass is 35.5. The van der Waals surface area contributed by atoms with E-state index in [4.69, 9.17) is 17.3 Å². The molecule has 1 aliphatic carbocycles. The predicted octanol–water partition coefficient (Wildman–Crippen LogP) is 4.49. The average Bonchev–Trinajstić information content (AvgIpc) is 3.16. The lowest BCUT2D eigenvalue weighted by molar-refractivity contribution is 0.582.